The molecule has 0 saturated heterocycles. The second kappa shape index (κ2) is 7.73. The molecule has 0 radical (unpaired) electrons. The quantitative estimate of drug-likeness (QED) is 0.446. The predicted molar refractivity (Wildman–Crippen MR) is 110 cm³/mol. The molecule has 5 rings (SSSR count). The first-order valence-electron chi connectivity index (χ1n) is 9.76. The number of carbonyl (C=O) groups is 1. The van der Waals surface area contributed by atoms with E-state index in [-0.39, 0.29) is 11.5 Å². The minimum Gasteiger partial charge on any atom is -0.406 e. The minimum absolute atomic E-state index is 0.124. The summed E-state index contributed by atoms with van der Waals surface area (Å²) >= 11 is 0. The van der Waals surface area contributed by atoms with Crippen LogP contribution in [0.5, 0.6) is 5.75 Å². The lowest BCUT2D eigenvalue weighted by Crippen LogP contribution is -2.17. The smallest absolute Gasteiger partial charge is 0.406 e. The minimum atomic E-state index is -4.97. The van der Waals surface area contributed by atoms with E-state index in [0.717, 1.165) is 17.7 Å². The molecule has 1 amide bonds. The number of nitrogens with one attached hydrogen (secondary N) is 1. The van der Waals surface area contributed by atoms with Crippen LogP contribution in [0.25, 0.3) is 28.2 Å². The summed E-state index contributed by atoms with van der Waals surface area (Å²) in [7, 11) is 0. The van der Waals surface area contributed by atoms with Gasteiger partial charge in [0.1, 0.15) is 11.6 Å². The van der Waals surface area contributed by atoms with Gasteiger partial charge in [-0.3, -0.25) is 9.78 Å². The fourth-order valence-electron chi connectivity index (χ4n) is 3.79. The Kier molecular flexibility index (Phi) is 4.85. The van der Waals surface area contributed by atoms with Crippen molar-refractivity contribution < 1.29 is 27.1 Å². The Morgan fingerprint density at radius 3 is 2.61 bits per heavy atom. The van der Waals surface area contributed by atoms with Crippen molar-refractivity contribution in [3.05, 3.63) is 83.9 Å². The molecule has 0 bridgehead atoms. The standard InChI is InChI=1S/C23H14F4N4O2/c24-14-7-13(8-16(9-14)33-23(25,26)27)21-10-20(30-31(21)15-3-2-6-28-11-15)17-4-1-5-18-19(17)12-29-22(18)32/h1-11H,12H2,(H,29,32). The van der Waals surface area contributed by atoms with Crippen molar-refractivity contribution >= 4 is 5.91 Å². The van der Waals surface area contributed by atoms with E-state index < -0.39 is 17.9 Å². The SMILES string of the molecule is O=C1NCc2c1cccc2-c1cc(-c2cc(F)cc(OC(F)(F)F)c2)n(-c2cccnc2)n1. The highest BCUT2D eigenvalue weighted by molar-refractivity contribution is 6.00. The van der Waals surface area contributed by atoms with Crippen molar-refractivity contribution in [3.63, 3.8) is 0 Å². The molecule has 6 nitrogen and oxygen atoms in total. The summed E-state index contributed by atoms with van der Waals surface area (Å²) < 4.78 is 57.8. The van der Waals surface area contributed by atoms with Crippen LogP contribution in [0.4, 0.5) is 17.6 Å². The molecule has 1 aliphatic heterocycles. The maximum Gasteiger partial charge on any atom is 0.573 e. The van der Waals surface area contributed by atoms with Crippen molar-refractivity contribution in [2.24, 2.45) is 0 Å². The lowest BCUT2D eigenvalue weighted by Gasteiger charge is -2.11. The van der Waals surface area contributed by atoms with E-state index in [1.165, 1.54) is 10.9 Å². The van der Waals surface area contributed by atoms with Crippen LogP contribution < -0.4 is 10.1 Å². The van der Waals surface area contributed by atoms with Crippen molar-refractivity contribution in [3.8, 4) is 34.0 Å². The number of carbonyl (C=O) groups excluding carboxylic acids is 1. The third-order valence-corrected chi connectivity index (χ3v) is 5.12. The summed E-state index contributed by atoms with van der Waals surface area (Å²) in [5.74, 6) is -1.78. The van der Waals surface area contributed by atoms with E-state index in [2.05, 4.69) is 20.1 Å². The molecule has 1 N–H and O–H groups in total. The van der Waals surface area contributed by atoms with Crippen LogP contribution in [-0.4, -0.2) is 27.0 Å². The molecule has 0 aliphatic carbocycles. The molecule has 0 unspecified atom stereocenters. The van der Waals surface area contributed by atoms with Gasteiger partial charge in [0.05, 0.1) is 23.3 Å². The first-order valence-corrected chi connectivity index (χ1v) is 9.76. The zero-order chi connectivity index (χ0) is 23.2. The third-order valence-electron chi connectivity index (χ3n) is 5.12. The maximum absolute atomic E-state index is 14.2. The Bertz CT molecular complexity index is 1370. The number of benzene rings is 2. The second-order valence-corrected chi connectivity index (χ2v) is 7.28. The lowest BCUT2D eigenvalue weighted by atomic mass is 10.00. The van der Waals surface area contributed by atoms with Crippen LogP contribution in [0.1, 0.15) is 15.9 Å². The molecule has 3 heterocycles. The molecule has 1 aliphatic rings. The van der Waals surface area contributed by atoms with Crippen LogP contribution in [0.3, 0.4) is 0 Å². The van der Waals surface area contributed by atoms with Crippen molar-refractivity contribution in [2.45, 2.75) is 12.9 Å². The summed E-state index contributed by atoms with van der Waals surface area (Å²) in [6.45, 7) is 0.322. The average molecular weight is 454 g/mol. The molecule has 0 spiro atoms. The highest BCUT2D eigenvalue weighted by atomic mass is 19.4. The van der Waals surface area contributed by atoms with Crippen molar-refractivity contribution in [1.82, 2.24) is 20.1 Å². The monoisotopic (exact) mass is 454 g/mol. The molecule has 4 aromatic rings. The zero-order valence-corrected chi connectivity index (χ0v) is 16.7. The molecular weight excluding hydrogens is 440 g/mol. The van der Waals surface area contributed by atoms with E-state index >= 15 is 0 Å². The number of aromatic nitrogens is 3. The lowest BCUT2D eigenvalue weighted by molar-refractivity contribution is -0.274. The number of rotatable bonds is 4. The molecule has 0 saturated carbocycles. The summed E-state index contributed by atoms with van der Waals surface area (Å²) in [5, 5.41) is 7.38. The van der Waals surface area contributed by atoms with Gasteiger partial charge in [-0.15, -0.1) is 13.2 Å². The number of ether oxygens (including phenoxy) is 1. The largest absolute Gasteiger partial charge is 0.573 e. The van der Waals surface area contributed by atoms with Crippen LogP contribution >= 0.6 is 0 Å². The van der Waals surface area contributed by atoms with Gasteiger partial charge in [-0.2, -0.15) is 5.10 Å². The number of amides is 1. The third kappa shape index (κ3) is 4.02. The first-order chi connectivity index (χ1) is 15.8. The number of hydrogen-bond acceptors (Lipinski definition) is 4. The fourth-order valence-corrected chi connectivity index (χ4v) is 3.79. The first kappa shape index (κ1) is 20.7. The van der Waals surface area contributed by atoms with Gasteiger partial charge in [0.25, 0.3) is 5.91 Å². The fraction of sp³-hybridized carbons (Fsp3) is 0.0870. The van der Waals surface area contributed by atoms with Gasteiger partial charge in [-0.25, -0.2) is 9.07 Å². The molecule has 2 aromatic carbocycles. The summed E-state index contributed by atoms with van der Waals surface area (Å²) in [5.41, 5.74) is 3.38. The number of halogens is 4. The van der Waals surface area contributed by atoms with Crippen LogP contribution in [0.15, 0.2) is 67.0 Å². The molecule has 0 fully saturated rings. The summed E-state index contributed by atoms with van der Waals surface area (Å²) in [4.78, 5) is 16.1. The number of fused-ring (bicyclic) bond motifs is 1. The Hall–Kier alpha value is -4.21. The van der Waals surface area contributed by atoms with E-state index in [9.17, 15) is 22.4 Å². The van der Waals surface area contributed by atoms with Crippen molar-refractivity contribution in [1.29, 1.82) is 0 Å². The van der Waals surface area contributed by atoms with E-state index in [0.29, 0.717) is 40.8 Å². The van der Waals surface area contributed by atoms with E-state index in [4.69, 9.17) is 0 Å². The van der Waals surface area contributed by atoms with Gasteiger partial charge in [-0.05, 0) is 42.0 Å². The van der Waals surface area contributed by atoms with Gasteiger partial charge in [0.2, 0.25) is 0 Å². The van der Waals surface area contributed by atoms with Crippen LogP contribution in [0, 0.1) is 5.82 Å². The summed E-state index contributed by atoms with van der Waals surface area (Å²) in [6, 6.07) is 13.1. The van der Waals surface area contributed by atoms with Gasteiger partial charge in [0, 0.05) is 35.5 Å². The topological polar surface area (TPSA) is 69.0 Å². The van der Waals surface area contributed by atoms with Crippen molar-refractivity contribution in [2.75, 3.05) is 0 Å². The highest BCUT2D eigenvalue weighted by Crippen LogP contribution is 2.35. The molecule has 0 atom stereocenters. The van der Waals surface area contributed by atoms with Crippen LogP contribution in [0.2, 0.25) is 0 Å². The zero-order valence-electron chi connectivity index (χ0n) is 16.7. The Morgan fingerprint density at radius 1 is 1.03 bits per heavy atom. The average Bonchev–Trinajstić information content (AvgIpc) is 3.37. The van der Waals surface area contributed by atoms with E-state index in [1.54, 1.807) is 42.6 Å². The Labute approximate surface area is 184 Å². The second-order valence-electron chi connectivity index (χ2n) is 7.28. The number of pyridine rings is 1. The normalized spacial score (nSPS) is 13.0. The molecule has 2 aromatic heterocycles. The number of nitrogens with zero attached hydrogens (tertiary/aromatic N) is 3. The molecular formula is C23H14F4N4O2. The van der Waals surface area contributed by atoms with Gasteiger partial charge in [-0.1, -0.05) is 12.1 Å². The maximum atomic E-state index is 14.2. The molecule has 10 heteroatoms. The predicted octanol–water partition coefficient (Wildman–Crippen LogP) is 4.88. The Morgan fingerprint density at radius 2 is 1.85 bits per heavy atom. The number of alkyl halides is 3. The van der Waals surface area contributed by atoms with E-state index in [1.807, 2.05) is 0 Å². The summed E-state index contributed by atoms with van der Waals surface area (Å²) in [6.07, 6.45) is -1.89. The van der Waals surface area contributed by atoms with Gasteiger partial charge in [0.15, 0.2) is 0 Å². The highest BCUT2D eigenvalue weighted by Gasteiger charge is 2.32. The van der Waals surface area contributed by atoms with Crippen LogP contribution in [-0.2, 0) is 6.54 Å². The Balaban J connectivity index is 1.69. The number of hydrogen-bond donors (Lipinski definition) is 1. The van der Waals surface area contributed by atoms with Gasteiger partial charge >= 0.3 is 6.36 Å². The molecule has 33 heavy (non-hydrogen) atoms. The molecule has 166 valence electrons. The van der Waals surface area contributed by atoms with Gasteiger partial charge < -0.3 is 10.1 Å².